The van der Waals surface area contributed by atoms with E-state index in [-0.39, 0.29) is 43.2 Å². The number of nitrogens with zero attached hydrogens (tertiary/aromatic N) is 1. The molecule has 1 aromatic rings. The highest BCUT2D eigenvalue weighted by molar-refractivity contribution is 6.01. The zero-order valence-electron chi connectivity index (χ0n) is 12.4. The fourth-order valence-electron chi connectivity index (χ4n) is 2.89. The van der Waals surface area contributed by atoms with Crippen LogP contribution in [0.25, 0.3) is 0 Å². The molecule has 1 amide bonds. The maximum Gasteiger partial charge on any atom is 0.337 e. The third-order valence-electron chi connectivity index (χ3n) is 4.09. The van der Waals surface area contributed by atoms with Gasteiger partial charge in [-0.15, -0.1) is 0 Å². The number of benzene rings is 1. The number of hydrogen-bond donors (Lipinski definition) is 3. The van der Waals surface area contributed by atoms with Crippen molar-refractivity contribution in [2.24, 2.45) is 0 Å². The number of aliphatic hydroxyl groups excluding tert-OH is 2. The number of esters is 1. The quantitative estimate of drug-likeness (QED) is 0.532. The molecule has 1 atom stereocenters. The lowest BCUT2D eigenvalue weighted by molar-refractivity contribution is -0.117. The molecule has 1 heterocycles. The van der Waals surface area contributed by atoms with Crippen LogP contribution in [-0.2, 0) is 9.53 Å². The van der Waals surface area contributed by atoms with Gasteiger partial charge in [-0.05, 0) is 31.0 Å². The fraction of sp³-hybridized carbons (Fsp3) is 0.467. The number of carbonyl (C=O) groups excluding carboxylic acids is 2. The molecule has 0 aromatic heterocycles. The molecule has 1 saturated heterocycles. The van der Waals surface area contributed by atoms with Crippen molar-refractivity contribution >= 4 is 23.3 Å². The number of rotatable bonds is 5. The van der Waals surface area contributed by atoms with Gasteiger partial charge in [-0.3, -0.25) is 4.79 Å². The van der Waals surface area contributed by atoms with E-state index in [1.807, 2.05) is 0 Å². The number of nitrogen functional groups attached to an aromatic ring is 1. The molecule has 120 valence electrons. The first-order valence-corrected chi connectivity index (χ1v) is 7.01. The molecule has 22 heavy (non-hydrogen) atoms. The highest BCUT2D eigenvalue weighted by atomic mass is 16.5. The molecule has 0 spiro atoms. The van der Waals surface area contributed by atoms with E-state index in [0.29, 0.717) is 12.1 Å². The van der Waals surface area contributed by atoms with Crippen molar-refractivity contribution in [3.8, 4) is 0 Å². The Balaban J connectivity index is 2.44. The second-order valence-corrected chi connectivity index (χ2v) is 5.35. The molecule has 0 radical (unpaired) electrons. The molecule has 0 aliphatic carbocycles. The summed E-state index contributed by atoms with van der Waals surface area (Å²) in [5, 5.41) is 19.0. The fourth-order valence-corrected chi connectivity index (χ4v) is 2.89. The number of anilines is 2. The van der Waals surface area contributed by atoms with Gasteiger partial charge in [0.2, 0.25) is 5.91 Å². The van der Waals surface area contributed by atoms with Gasteiger partial charge in [0.25, 0.3) is 0 Å². The van der Waals surface area contributed by atoms with Crippen LogP contribution in [0.15, 0.2) is 18.2 Å². The minimum absolute atomic E-state index is 0.148. The second-order valence-electron chi connectivity index (χ2n) is 5.35. The van der Waals surface area contributed by atoms with Crippen LogP contribution >= 0.6 is 0 Å². The summed E-state index contributed by atoms with van der Waals surface area (Å²) in [6.45, 7) is -0.415. The van der Waals surface area contributed by atoms with Gasteiger partial charge in [-0.25, -0.2) is 4.79 Å². The van der Waals surface area contributed by atoms with Crippen molar-refractivity contribution < 1.29 is 24.5 Å². The van der Waals surface area contributed by atoms with Crippen LogP contribution < -0.4 is 10.6 Å². The predicted octanol–water partition coefficient (Wildman–Crippen LogP) is 0.296. The first kappa shape index (κ1) is 16.3. The van der Waals surface area contributed by atoms with Gasteiger partial charge in [0.05, 0.1) is 36.2 Å². The van der Waals surface area contributed by atoms with Gasteiger partial charge in [-0.2, -0.15) is 0 Å². The molecule has 7 heteroatoms. The molecule has 0 saturated carbocycles. The van der Waals surface area contributed by atoms with E-state index in [1.54, 1.807) is 6.07 Å². The SMILES string of the molecule is COC(=O)c1ccc(N2C(=O)CCC2(CO)CCO)c(N)c1. The standard InChI is InChI=1S/C15H20N2O5/c1-22-14(21)10-2-3-12(11(16)8-10)17-13(20)4-5-15(17,9-19)6-7-18/h2-3,8,18-19H,4-7,9,16H2,1H3. The average molecular weight is 308 g/mol. The van der Waals surface area contributed by atoms with Gasteiger partial charge in [0, 0.05) is 13.0 Å². The molecule has 1 fully saturated rings. The van der Waals surface area contributed by atoms with Crippen molar-refractivity contribution in [1.29, 1.82) is 0 Å². The Hall–Kier alpha value is -2.12. The van der Waals surface area contributed by atoms with Crippen molar-refractivity contribution in [3.05, 3.63) is 23.8 Å². The maximum absolute atomic E-state index is 12.2. The Bertz CT molecular complexity index is 589. The van der Waals surface area contributed by atoms with Crippen molar-refractivity contribution in [3.63, 3.8) is 0 Å². The van der Waals surface area contributed by atoms with Gasteiger partial charge in [0.15, 0.2) is 0 Å². The molecule has 1 aliphatic rings. The lowest BCUT2D eigenvalue weighted by Crippen LogP contribution is -2.50. The average Bonchev–Trinajstić information content (AvgIpc) is 2.84. The molecular weight excluding hydrogens is 288 g/mol. The van der Waals surface area contributed by atoms with E-state index in [4.69, 9.17) is 5.73 Å². The number of hydrogen-bond acceptors (Lipinski definition) is 6. The van der Waals surface area contributed by atoms with Crippen molar-refractivity contribution in [1.82, 2.24) is 0 Å². The molecule has 0 bridgehead atoms. The first-order valence-electron chi connectivity index (χ1n) is 7.01. The number of aliphatic hydroxyl groups is 2. The smallest absolute Gasteiger partial charge is 0.337 e. The summed E-state index contributed by atoms with van der Waals surface area (Å²) in [7, 11) is 1.27. The molecule has 4 N–H and O–H groups in total. The lowest BCUT2D eigenvalue weighted by atomic mass is 9.92. The Morgan fingerprint density at radius 1 is 1.45 bits per heavy atom. The summed E-state index contributed by atoms with van der Waals surface area (Å²) < 4.78 is 4.63. The van der Waals surface area contributed by atoms with E-state index < -0.39 is 11.5 Å². The van der Waals surface area contributed by atoms with Gasteiger partial charge in [0.1, 0.15) is 0 Å². The Morgan fingerprint density at radius 3 is 2.73 bits per heavy atom. The summed E-state index contributed by atoms with van der Waals surface area (Å²) in [6.07, 6.45) is 0.979. The van der Waals surface area contributed by atoms with E-state index in [1.165, 1.54) is 24.1 Å². The van der Waals surface area contributed by atoms with Crippen LogP contribution in [0.1, 0.15) is 29.6 Å². The minimum Gasteiger partial charge on any atom is -0.465 e. The number of carbonyl (C=O) groups is 2. The Kier molecular flexibility index (Phi) is 4.68. The van der Waals surface area contributed by atoms with E-state index in [2.05, 4.69) is 4.74 Å². The van der Waals surface area contributed by atoms with Crippen LogP contribution in [-0.4, -0.2) is 48.0 Å². The molecule has 1 aliphatic heterocycles. The highest BCUT2D eigenvalue weighted by Gasteiger charge is 2.46. The molecule has 2 rings (SSSR count). The monoisotopic (exact) mass is 308 g/mol. The van der Waals surface area contributed by atoms with Crippen LogP contribution in [0, 0.1) is 0 Å². The van der Waals surface area contributed by atoms with E-state index >= 15 is 0 Å². The van der Waals surface area contributed by atoms with Crippen LogP contribution in [0.2, 0.25) is 0 Å². The first-order chi connectivity index (χ1) is 10.5. The molecule has 7 nitrogen and oxygen atoms in total. The predicted molar refractivity (Wildman–Crippen MR) is 80.4 cm³/mol. The maximum atomic E-state index is 12.2. The normalized spacial score (nSPS) is 21.2. The molecular formula is C15H20N2O5. The molecule has 1 unspecified atom stereocenters. The summed E-state index contributed by atoms with van der Waals surface area (Å²) in [5.74, 6) is -0.685. The van der Waals surface area contributed by atoms with Gasteiger partial charge < -0.3 is 25.6 Å². The Labute approximate surface area is 128 Å². The van der Waals surface area contributed by atoms with Crippen molar-refractivity contribution in [2.75, 3.05) is 31.0 Å². The van der Waals surface area contributed by atoms with Crippen LogP contribution in [0.3, 0.4) is 0 Å². The number of ether oxygens (including phenoxy) is 1. The summed E-state index contributed by atoms with van der Waals surface area (Å²) in [5.41, 5.74) is 6.08. The highest BCUT2D eigenvalue weighted by Crippen LogP contribution is 2.40. The zero-order chi connectivity index (χ0) is 16.3. The molecule has 1 aromatic carbocycles. The topological polar surface area (TPSA) is 113 Å². The summed E-state index contributed by atoms with van der Waals surface area (Å²) in [4.78, 5) is 25.2. The number of nitrogens with two attached hydrogens (primary N) is 1. The summed E-state index contributed by atoms with van der Waals surface area (Å²) in [6, 6.07) is 4.52. The Morgan fingerprint density at radius 2 is 2.18 bits per heavy atom. The minimum atomic E-state index is -0.854. The second kappa shape index (κ2) is 6.33. The van der Waals surface area contributed by atoms with Crippen LogP contribution in [0.5, 0.6) is 0 Å². The van der Waals surface area contributed by atoms with Crippen molar-refractivity contribution in [2.45, 2.75) is 24.8 Å². The van der Waals surface area contributed by atoms with E-state index in [9.17, 15) is 19.8 Å². The third kappa shape index (κ3) is 2.65. The number of amides is 1. The van der Waals surface area contributed by atoms with Gasteiger partial charge in [-0.1, -0.05) is 0 Å². The van der Waals surface area contributed by atoms with E-state index in [0.717, 1.165) is 0 Å². The third-order valence-corrected chi connectivity index (χ3v) is 4.09. The lowest BCUT2D eigenvalue weighted by Gasteiger charge is -2.37. The van der Waals surface area contributed by atoms with Crippen LogP contribution in [0.4, 0.5) is 11.4 Å². The largest absolute Gasteiger partial charge is 0.465 e. The number of methoxy groups -OCH3 is 1. The summed E-state index contributed by atoms with van der Waals surface area (Å²) >= 11 is 0. The zero-order valence-corrected chi connectivity index (χ0v) is 12.4. The van der Waals surface area contributed by atoms with Gasteiger partial charge >= 0.3 is 5.97 Å².